The number of hydrogen-bond donors (Lipinski definition) is 0. The van der Waals surface area contributed by atoms with Crippen LogP contribution in [0.25, 0.3) is 0 Å². The number of amides is 1. The highest BCUT2D eigenvalue weighted by Crippen LogP contribution is 2.22. The van der Waals surface area contributed by atoms with Gasteiger partial charge in [0.1, 0.15) is 5.69 Å². The van der Waals surface area contributed by atoms with Gasteiger partial charge in [-0.05, 0) is 37.7 Å². The van der Waals surface area contributed by atoms with E-state index in [2.05, 4.69) is 34.2 Å². The molecule has 0 spiro atoms. The van der Waals surface area contributed by atoms with Crippen molar-refractivity contribution in [2.45, 2.75) is 38.1 Å². The van der Waals surface area contributed by atoms with Gasteiger partial charge < -0.3 is 4.90 Å². The lowest BCUT2D eigenvalue weighted by molar-refractivity contribution is 0.0595. The van der Waals surface area contributed by atoms with E-state index >= 15 is 0 Å². The van der Waals surface area contributed by atoms with Crippen molar-refractivity contribution in [3.63, 3.8) is 0 Å². The number of carbonyl (C=O) groups is 1. The Balaban J connectivity index is 1.67. The molecule has 1 atom stereocenters. The predicted octanol–water partition coefficient (Wildman–Crippen LogP) is 3.10. The molecule has 0 aliphatic carbocycles. The normalized spacial score (nSPS) is 18.2. The number of rotatable bonds is 4. The van der Waals surface area contributed by atoms with Crippen LogP contribution in [0.15, 0.2) is 48.9 Å². The summed E-state index contributed by atoms with van der Waals surface area (Å²) in [7, 11) is 0. The van der Waals surface area contributed by atoms with E-state index < -0.39 is 0 Å². The minimum absolute atomic E-state index is 0.0193. The van der Waals surface area contributed by atoms with Gasteiger partial charge in [-0.25, -0.2) is 4.98 Å². The summed E-state index contributed by atoms with van der Waals surface area (Å²) in [6.45, 7) is 0.828. The predicted molar refractivity (Wildman–Crippen MR) is 85.5 cm³/mol. The summed E-state index contributed by atoms with van der Waals surface area (Å²) < 4.78 is 0. The summed E-state index contributed by atoms with van der Waals surface area (Å²) in [5, 5.41) is 0. The van der Waals surface area contributed by atoms with Gasteiger partial charge in [-0.2, -0.15) is 0 Å². The van der Waals surface area contributed by atoms with Gasteiger partial charge in [-0.1, -0.05) is 30.3 Å². The van der Waals surface area contributed by atoms with Gasteiger partial charge in [-0.15, -0.1) is 0 Å². The molecule has 3 rings (SSSR count). The fourth-order valence-corrected chi connectivity index (χ4v) is 3.10. The molecule has 22 heavy (non-hydrogen) atoms. The average molecular weight is 295 g/mol. The third-order valence-electron chi connectivity index (χ3n) is 4.28. The molecule has 1 aliphatic heterocycles. The number of aromatic nitrogens is 2. The summed E-state index contributed by atoms with van der Waals surface area (Å²) in [6, 6.07) is 10.8. The van der Waals surface area contributed by atoms with Gasteiger partial charge >= 0.3 is 0 Å². The van der Waals surface area contributed by atoms with Crippen LogP contribution in [0.2, 0.25) is 0 Å². The maximum Gasteiger partial charge on any atom is 0.274 e. The SMILES string of the molecule is O=C(c1cnccn1)N1CCCC[C@H]1CCc1ccccc1. The molecular weight excluding hydrogens is 274 g/mol. The van der Waals surface area contributed by atoms with Crippen molar-refractivity contribution >= 4 is 5.91 Å². The highest BCUT2D eigenvalue weighted by atomic mass is 16.2. The van der Waals surface area contributed by atoms with E-state index in [0.29, 0.717) is 11.7 Å². The molecule has 0 N–H and O–H groups in total. The molecule has 2 heterocycles. The molecule has 0 radical (unpaired) electrons. The zero-order valence-electron chi connectivity index (χ0n) is 12.7. The minimum Gasteiger partial charge on any atom is -0.334 e. The first-order chi connectivity index (χ1) is 10.8. The molecule has 0 saturated carbocycles. The van der Waals surface area contributed by atoms with Gasteiger partial charge in [0, 0.05) is 25.0 Å². The third kappa shape index (κ3) is 3.50. The molecule has 114 valence electrons. The lowest BCUT2D eigenvalue weighted by Gasteiger charge is -2.35. The number of hydrogen-bond acceptors (Lipinski definition) is 3. The van der Waals surface area contributed by atoms with Crippen LogP contribution in [-0.4, -0.2) is 33.4 Å². The molecule has 1 aliphatic rings. The standard InChI is InChI=1S/C18H21N3O/c22-18(17-14-19-11-12-20-17)21-13-5-4-8-16(21)10-9-15-6-2-1-3-7-15/h1-3,6-7,11-12,14,16H,4-5,8-10,13H2/t16-/m0/s1. The maximum absolute atomic E-state index is 12.6. The van der Waals surface area contributed by atoms with Crippen LogP contribution in [0.3, 0.4) is 0 Å². The number of likely N-dealkylation sites (tertiary alicyclic amines) is 1. The summed E-state index contributed by atoms with van der Waals surface area (Å²) in [5.41, 5.74) is 1.79. The molecule has 1 fully saturated rings. The lowest BCUT2D eigenvalue weighted by atomic mass is 9.95. The first-order valence-corrected chi connectivity index (χ1v) is 7.95. The first-order valence-electron chi connectivity index (χ1n) is 7.95. The second-order valence-electron chi connectivity index (χ2n) is 5.76. The molecule has 2 aromatic rings. The second kappa shape index (κ2) is 7.16. The van der Waals surface area contributed by atoms with E-state index in [9.17, 15) is 4.79 Å². The van der Waals surface area contributed by atoms with E-state index in [1.807, 2.05) is 11.0 Å². The minimum atomic E-state index is 0.0193. The van der Waals surface area contributed by atoms with Crippen LogP contribution in [0.5, 0.6) is 0 Å². The fourth-order valence-electron chi connectivity index (χ4n) is 3.10. The summed E-state index contributed by atoms with van der Waals surface area (Å²) in [5.74, 6) is 0.0193. The zero-order chi connectivity index (χ0) is 15.2. The zero-order valence-corrected chi connectivity index (χ0v) is 12.7. The topological polar surface area (TPSA) is 46.1 Å². The van der Waals surface area contributed by atoms with Crippen molar-refractivity contribution in [1.82, 2.24) is 14.9 Å². The van der Waals surface area contributed by atoms with Crippen molar-refractivity contribution in [2.24, 2.45) is 0 Å². The maximum atomic E-state index is 12.6. The number of aryl methyl sites for hydroxylation is 1. The smallest absolute Gasteiger partial charge is 0.274 e. The number of nitrogens with zero attached hydrogens (tertiary/aromatic N) is 3. The molecular formula is C18H21N3O. The van der Waals surface area contributed by atoms with Gasteiger partial charge in [0.25, 0.3) is 5.91 Å². The largest absolute Gasteiger partial charge is 0.334 e. The highest BCUT2D eigenvalue weighted by Gasteiger charge is 2.27. The quantitative estimate of drug-likeness (QED) is 0.870. The summed E-state index contributed by atoms with van der Waals surface area (Å²) >= 11 is 0. The summed E-state index contributed by atoms with van der Waals surface area (Å²) in [6.07, 6.45) is 10.1. The Hall–Kier alpha value is -2.23. The molecule has 0 bridgehead atoms. The van der Waals surface area contributed by atoms with Crippen LogP contribution < -0.4 is 0 Å². The Morgan fingerprint density at radius 3 is 2.82 bits per heavy atom. The number of benzene rings is 1. The molecule has 0 unspecified atom stereocenters. The van der Waals surface area contributed by atoms with Crippen molar-refractivity contribution in [2.75, 3.05) is 6.54 Å². The number of carbonyl (C=O) groups excluding carboxylic acids is 1. The van der Waals surface area contributed by atoms with Crippen LogP contribution >= 0.6 is 0 Å². The molecule has 1 aromatic heterocycles. The Labute approximate surface area is 131 Å². The Morgan fingerprint density at radius 2 is 2.05 bits per heavy atom. The van der Waals surface area contributed by atoms with Gasteiger partial charge in [0.2, 0.25) is 0 Å². The van der Waals surface area contributed by atoms with Crippen molar-refractivity contribution in [3.05, 3.63) is 60.2 Å². The van der Waals surface area contributed by atoms with Gasteiger partial charge in [0.15, 0.2) is 0 Å². The monoisotopic (exact) mass is 295 g/mol. The lowest BCUT2D eigenvalue weighted by Crippen LogP contribution is -2.44. The van der Waals surface area contributed by atoms with E-state index in [1.54, 1.807) is 18.6 Å². The van der Waals surface area contributed by atoms with E-state index in [4.69, 9.17) is 0 Å². The van der Waals surface area contributed by atoms with Crippen LogP contribution in [0, 0.1) is 0 Å². The number of piperidine rings is 1. The average Bonchev–Trinajstić information content (AvgIpc) is 2.61. The Bertz CT molecular complexity index is 600. The first kappa shape index (κ1) is 14.7. The molecule has 4 heteroatoms. The molecule has 4 nitrogen and oxygen atoms in total. The van der Waals surface area contributed by atoms with Crippen molar-refractivity contribution < 1.29 is 4.79 Å². The van der Waals surface area contributed by atoms with E-state index in [-0.39, 0.29) is 5.91 Å². The fraction of sp³-hybridized carbons (Fsp3) is 0.389. The molecule has 1 amide bonds. The van der Waals surface area contributed by atoms with E-state index in [1.165, 1.54) is 12.0 Å². The van der Waals surface area contributed by atoms with Crippen molar-refractivity contribution in [1.29, 1.82) is 0 Å². The summed E-state index contributed by atoms with van der Waals surface area (Å²) in [4.78, 5) is 22.8. The Kier molecular flexibility index (Phi) is 4.78. The highest BCUT2D eigenvalue weighted by molar-refractivity contribution is 5.92. The second-order valence-corrected chi connectivity index (χ2v) is 5.76. The van der Waals surface area contributed by atoms with Crippen LogP contribution in [0.4, 0.5) is 0 Å². The van der Waals surface area contributed by atoms with E-state index in [0.717, 1.165) is 32.2 Å². The molecule has 1 aromatic carbocycles. The third-order valence-corrected chi connectivity index (χ3v) is 4.28. The van der Waals surface area contributed by atoms with Crippen LogP contribution in [0.1, 0.15) is 41.7 Å². The van der Waals surface area contributed by atoms with Crippen LogP contribution in [-0.2, 0) is 6.42 Å². The van der Waals surface area contributed by atoms with Gasteiger partial charge in [-0.3, -0.25) is 9.78 Å². The van der Waals surface area contributed by atoms with Crippen molar-refractivity contribution in [3.8, 4) is 0 Å². The van der Waals surface area contributed by atoms with Gasteiger partial charge in [0.05, 0.1) is 6.20 Å². The molecule has 1 saturated heterocycles. The Morgan fingerprint density at radius 1 is 1.18 bits per heavy atom.